The van der Waals surface area contributed by atoms with Crippen LogP contribution >= 0.6 is 11.8 Å². The van der Waals surface area contributed by atoms with Crippen LogP contribution in [-0.4, -0.2) is 57.1 Å². The van der Waals surface area contributed by atoms with E-state index in [1.807, 2.05) is 16.5 Å². The van der Waals surface area contributed by atoms with Crippen LogP contribution in [0, 0.1) is 25.2 Å². The zero-order valence-electron chi connectivity index (χ0n) is 17.2. The standard InChI is InChI=1S/C21H28N4O2S/c1-13-6-7-15(10-14(13)2)25-12-22-23-20(25)28-11-17(26)24(5)18-16-8-9-27-19(16)21(18,3)4/h6-7,10,12,16,18-19H,8-9,11H2,1-5H3/t16-,18-,19-/m1/s1. The van der Waals surface area contributed by atoms with Gasteiger partial charge in [-0.05, 0) is 43.5 Å². The smallest absolute Gasteiger partial charge is 0.233 e. The molecule has 1 amide bonds. The lowest BCUT2D eigenvalue weighted by Crippen LogP contribution is -2.67. The van der Waals surface area contributed by atoms with Gasteiger partial charge in [-0.25, -0.2) is 0 Å². The van der Waals surface area contributed by atoms with Crippen LogP contribution in [-0.2, 0) is 9.53 Å². The number of aryl methyl sites for hydroxylation is 2. The van der Waals surface area contributed by atoms with Crippen LogP contribution in [0.2, 0.25) is 0 Å². The number of hydrogen-bond donors (Lipinski definition) is 0. The second kappa shape index (κ2) is 7.19. The number of carbonyl (C=O) groups is 1. The number of rotatable bonds is 5. The van der Waals surface area contributed by atoms with Gasteiger partial charge in [-0.3, -0.25) is 9.36 Å². The highest BCUT2D eigenvalue weighted by atomic mass is 32.2. The maximum atomic E-state index is 12.9. The average molecular weight is 401 g/mol. The molecule has 2 aliphatic rings. The first-order chi connectivity index (χ1) is 13.3. The van der Waals surface area contributed by atoms with Gasteiger partial charge in [-0.1, -0.05) is 31.7 Å². The highest BCUT2D eigenvalue weighted by molar-refractivity contribution is 7.99. The Balaban J connectivity index is 1.43. The number of aromatic nitrogens is 3. The van der Waals surface area contributed by atoms with E-state index in [4.69, 9.17) is 4.74 Å². The van der Waals surface area contributed by atoms with E-state index in [1.54, 1.807) is 6.33 Å². The van der Waals surface area contributed by atoms with Crippen molar-refractivity contribution in [3.63, 3.8) is 0 Å². The molecule has 0 radical (unpaired) electrons. The topological polar surface area (TPSA) is 60.2 Å². The Morgan fingerprint density at radius 1 is 1.36 bits per heavy atom. The lowest BCUT2D eigenvalue weighted by molar-refractivity contribution is -0.165. The third-order valence-electron chi connectivity index (χ3n) is 6.46. The van der Waals surface area contributed by atoms with Gasteiger partial charge >= 0.3 is 0 Å². The van der Waals surface area contributed by atoms with Gasteiger partial charge in [0, 0.05) is 36.7 Å². The van der Waals surface area contributed by atoms with Crippen molar-refractivity contribution in [1.82, 2.24) is 19.7 Å². The van der Waals surface area contributed by atoms with Crippen molar-refractivity contribution in [3.05, 3.63) is 35.7 Å². The first kappa shape index (κ1) is 19.5. The van der Waals surface area contributed by atoms with Crippen LogP contribution in [0.4, 0.5) is 0 Å². The first-order valence-corrected chi connectivity index (χ1v) is 10.8. The third-order valence-corrected chi connectivity index (χ3v) is 7.39. The minimum Gasteiger partial charge on any atom is -0.377 e. The summed E-state index contributed by atoms with van der Waals surface area (Å²) in [5, 5.41) is 9.01. The SMILES string of the molecule is Cc1ccc(-n2cnnc2SCC(=O)N(C)[C@@H]2[C@H]3CCO[C@H]3C2(C)C)cc1C. The Morgan fingerprint density at radius 2 is 2.14 bits per heavy atom. The van der Waals surface area contributed by atoms with Gasteiger partial charge in [0.25, 0.3) is 0 Å². The van der Waals surface area contributed by atoms with Crippen LogP contribution in [0.25, 0.3) is 5.69 Å². The van der Waals surface area contributed by atoms with Gasteiger partial charge in [-0.2, -0.15) is 0 Å². The number of fused-ring (bicyclic) bond motifs is 1. The summed E-state index contributed by atoms with van der Waals surface area (Å²) in [5.74, 6) is 0.946. The van der Waals surface area contributed by atoms with Crippen molar-refractivity contribution in [1.29, 1.82) is 0 Å². The van der Waals surface area contributed by atoms with E-state index >= 15 is 0 Å². The van der Waals surface area contributed by atoms with E-state index in [-0.39, 0.29) is 23.5 Å². The fourth-order valence-electron chi connectivity index (χ4n) is 4.84. The summed E-state index contributed by atoms with van der Waals surface area (Å²) in [4.78, 5) is 14.8. The molecule has 4 rings (SSSR count). The Bertz CT molecular complexity index is 894. The molecule has 0 bridgehead atoms. The third kappa shape index (κ3) is 3.14. The predicted octanol–water partition coefficient (Wildman–Crippen LogP) is 3.25. The Hall–Kier alpha value is -1.86. The molecule has 2 heterocycles. The van der Waals surface area contributed by atoms with Crippen LogP contribution < -0.4 is 0 Å². The predicted molar refractivity (Wildman–Crippen MR) is 110 cm³/mol. The summed E-state index contributed by atoms with van der Waals surface area (Å²) >= 11 is 1.44. The fourth-order valence-corrected chi connectivity index (χ4v) is 5.70. The van der Waals surface area contributed by atoms with E-state index in [0.717, 1.165) is 23.9 Å². The number of thioether (sulfide) groups is 1. The largest absolute Gasteiger partial charge is 0.377 e. The first-order valence-electron chi connectivity index (χ1n) is 9.78. The van der Waals surface area contributed by atoms with Crippen molar-refractivity contribution >= 4 is 17.7 Å². The lowest BCUT2D eigenvalue weighted by Gasteiger charge is -2.57. The number of ether oxygens (including phenoxy) is 1. The van der Waals surface area contributed by atoms with Crippen LogP contribution in [0.1, 0.15) is 31.4 Å². The maximum Gasteiger partial charge on any atom is 0.233 e. The molecule has 6 nitrogen and oxygen atoms in total. The molecule has 28 heavy (non-hydrogen) atoms. The molecule has 1 aliphatic heterocycles. The molecule has 0 unspecified atom stereocenters. The number of hydrogen-bond acceptors (Lipinski definition) is 5. The molecular weight excluding hydrogens is 372 g/mol. The summed E-state index contributed by atoms with van der Waals surface area (Å²) in [5.41, 5.74) is 3.50. The minimum atomic E-state index is 0.00961. The number of carbonyl (C=O) groups excluding carboxylic acids is 1. The van der Waals surface area contributed by atoms with Crippen LogP contribution in [0.3, 0.4) is 0 Å². The molecular formula is C21H28N4O2S. The van der Waals surface area contributed by atoms with Gasteiger partial charge in [0.2, 0.25) is 5.91 Å². The molecule has 0 spiro atoms. The molecule has 150 valence electrons. The van der Waals surface area contributed by atoms with Gasteiger partial charge in [-0.15, -0.1) is 10.2 Å². The normalized spacial score (nSPS) is 25.2. The fraction of sp³-hybridized carbons (Fsp3) is 0.571. The van der Waals surface area contributed by atoms with Crippen LogP contribution in [0.15, 0.2) is 29.7 Å². The van der Waals surface area contributed by atoms with Gasteiger partial charge < -0.3 is 9.64 Å². The Morgan fingerprint density at radius 3 is 2.89 bits per heavy atom. The minimum absolute atomic E-state index is 0.00961. The number of amides is 1. The molecule has 1 saturated heterocycles. The summed E-state index contributed by atoms with van der Waals surface area (Å²) in [6, 6.07) is 6.51. The Kier molecular flexibility index (Phi) is 5.00. The molecule has 0 N–H and O–H groups in total. The van der Waals surface area contributed by atoms with Crippen molar-refractivity contribution in [2.24, 2.45) is 11.3 Å². The van der Waals surface area contributed by atoms with E-state index < -0.39 is 0 Å². The second-order valence-corrected chi connectivity index (χ2v) is 9.50. The zero-order chi connectivity index (χ0) is 20.1. The molecule has 1 saturated carbocycles. The van der Waals surface area contributed by atoms with Crippen molar-refractivity contribution in [3.8, 4) is 5.69 Å². The molecule has 1 aromatic carbocycles. The average Bonchev–Trinajstić information content (AvgIpc) is 3.30. The summed E-state index contributed by atoms with van der Waals surface area (Å²) < 4.78 is 7.81. The van der Waals surface area contributed by atoms with Gasteiger partial charge in [0.1, 0.15) is 6.33 Å². The van der Waals surface area contributed by atoms with Crippen molar-refractivity contribution in [2.45, 2.75) is 51.4 Å². The summed E-state index contributed by atoms with van der Waals surface area (Å²) in [7, 11) is 1.93. The second-order valence-electron chi connectivity index (χ2n) is 8.56. The molecule has 1 aromatic heterocycles. The quantitative estimate of drug-likeness (QED) is 0.721. The van der Waals surface area contributed by atoms with E-state index in [2.05, 4.69) is 56.1 Å². The van der Waals surface area contributed by atoms with E-state index in [0.29, 0.717) is 11.7 Å². The van der Waals surface area contributed by atoms with Crippen molar-refractivity contribution < 1.29 is 9.53 Å². The number of nitrogens with zero attached hydrogens (tertiary/aromatic N) is 4. The molecule has 2 fully saturated rings. The van der Waals surface area contributed by atoms with Gasteiger partial charge in [0.15, 0.2) is 5.16 Å². The Labute approximate surface area is 170 Å². The zero-order valence-corrected chi connectivity index (χ0v) is 18.0. The molecule has 7 heteroatoms. The van der Waals surface area contributed by atoms with Crippen molar-refractivity contribution in [2.75, 3.05) is 19.4 Å². The molecule has 3 atom stereocenters. The summed E-state index contributed by atoms with van der Waals surface area (Å²) in [6.45, 7) is 9.41. The monoisotopic (exact) mass is 400 g/mol. The lowest BCUT2D eigenvalue weighted by atomic mass is 9.57. The number of benzene rings is 1. The van der Waals surface area contributed by atoms with Gasteiger partial charge in [0.05, 0.1) is 11.9 Å². The molecule has 2 aromatic rings. The van der Waals surface area contributed by atoms with E-state index in [1.165, 1.54) is 22.9 Å². The van der Waals surface area contributed by atoms with Crippen LogP contribution in [0.5, 0.6) is 0 Å². The maximum absolute atomic E-state index is 12.9. The molecule has 1 aliphatic carbocycles. The highest BCUT2D eigenvalue weighted by Crippen LogP contribution is 2.54. The summed E-state index contributed by atoms with van der Waals surface area (Å²) in [6.07, 6.45) is 3.04. The highest BCUT2D eigenvalue weighted by Gasteiger charge is 2.61. The van der Waals surface area contributed by atoms with E-state index in [9.17, 15) is 4.79 Å².